The molecule has 5 nitrogen and oxygen atoms in total. The normalized spacial score (nSPS) is 19.2. The van der Waals surface area contributed by atoms with Gasteiger partial charge in [0, 0.05) is 13.1 Å². The van der Waals surface area contributed by atoms with Crippen LogP contribution in [0.1, 0.15) is 30.9 Å². The van der Waals surface area contributed by atoms with E-state index in [-0.39, 0.29) is 11.5 Å². The van der Waals surface area contributed by atoms with E-state index in [1.165, 1.54) is 0 Å². The van der Waals surface area contributed by atoms with Crippen LogP contribution in [0.4, 0.5) is 0 Å². The lowest BCUT2D eigenvalue weighted by molar-refractivity contribution is 0.258. The largest absolute Gasteiger partial charge is 0.463 e. The summed E-state index contributed by atoms with van der Waals surface area (Å²) in [7, 11) is -2.81. The van der Waals surface area contributed by atoms with Crippen LogP contribution in [-0.4, -0.2) is 44.5 Å². The molecule has 1 aliphatic rings. The summed E-state index contributed by atoms with van der Waals surface area (Å²) in [4.78, 5) is 2.14. The molecule has 0 unspecified atom stereocenters. The van der Waals surface area contributed by atoms with Crippen molar-refractivity contribution in [3.05, 3.63) is 23.2 Å². The maximum atomic E-state index is 11.4. The number of aryl methyl sites for hydroxylation is 1. The zero-order valence-electron chi connectivity index (χ0n) is 13.2. The highest BCUT2D eigenvalue weighted by molar-refractivity contribution is 7.91. The summed E-state index contributed by atoms with van der Waals surface area (Å²) in [6.45, 7) is 10.0. The fourth-order valence-electron chi connectivity index (χ4n) is 2.45. The van der Waals surface area contributed by atoms with Crippen molar-refractivity contribution >= 4 is 9.84 Å². The quantitative estimate of drug-likeness (QED) is 0.863. The zero-order valence-corrected chi connectivity index (χ0v) is 14.0. The summed E-state index contributed by atoms with van der Waals surface area (Å²) in [5, 5.41) is 3.38. The predicted molar refractivity (Wildman–Crippen MR) is 83.9 cm³/mol. The van der Waals surface area contributed by atoms with Gasteiger partial charge in [0.05, 0.1) is 24.6 Å². The highest BCUT2D eigenvalue weighted by atomic mass is 32.2. The first-order chi connectivity index (χ1) is 9.85. The van der Waals surface area contributed by atoms with Crippen LogP contribution in [0.25, 0.3) is 0 Å². The van der Waals surface area contributed by atoms with Crippen molar-refractivity contribution in [2.24, 2.45) is 5.92 Å². The van der Waals surface area contributed by atoms with E-state index < -0.39 is 9.84 Å². The highest BCUT2D eigenvalue weighted by Gasteiger charge is 2.22. The van der Waals surface area contributed by atoms with Gasteiger partial charge in [-0.05, 0) is 31.0 Å². The molecule has 0 atom stereocenters. The van der Waals surface area contributed by atoms with E-state index in [0.29, 0.717) is 25.6 Å². The Balaban J connectivity index is 1.87. The molecule has 1 aromatic heterocycles. The van der Waals surface area contributed by atoms with Crippen LogP contribution in [-0.2, 0) is 22.9 Å². The lowest BCUT2D eigenvalue weighted by Crippen LogP contribution is -2.39. The minimum atomic E-state index is -2.81. The average Bonchev–Trinajstić information content (AvgIpc) is 2.72. The number of hydrogen-bond acceptors (Lipinski definition) is 5. The van der Waals surface area contributed by atoms with Crippen molar-refractivity contribution < 1.29 is 12.8 Å². The molecule has 0 aromatic carbocycles. The summed E-state index contributed by atoms with van der Waals surface area (Å²) in [5.41, 5.74) is 1.16. The standard InChI is InChI=1S/C15H26N2O3S/c1-12(2)9-16-10-15-13(3)8-14(20-15)11-17-4-6-21(18,19)7-5-17/h8,12,16H,4-7,9-11H2,1-3H3. The molecule has 6 heteroatoms. The second kappa shape index (κ2) is 6.94. The molecule has 2 rings (SSSR count). The van der Waals surface area contributed by atoms with Gasteiger partial charge in [0.25, 0.3) is 0 Å². The zero-order chi connectivity index (χ0) is 15.5. The Morgan fingerprint density at radius 2 is 2.00 bits per heavy atom. The van der Waals surface area contributed by atoms with E-state index in [2.05, 4.69) is 37.1 Å². The number of sulfone groups is 1. The van der Waals surface area contributed by atoms with Crippen molar-refractivity contribution in [1.29, 1.82) is 0 Å². The predicted octanol–water partition coefficient (Wildman–Crippen LogP) is 1.56. The minimum Gasteiger partial charge on any atom is -0.463 e. The Morgan fingerprint density at radius 3 is 2.62 bits per heavy atom. The summed E-state index contributed by atoms with van der Waals surface area (Å²) in [5.74, 6) is 3.05. The van der Waals surface area contributed by atoms with Crippen LogP contribution < -0.4 is 5.32 Å². The minimum absolute atomic E-state index is 0.259. The van der Waals surface area contributed by atoms with Crippen LogP contribution in [0.5, 0.6) is 0 Å². The molecule has 0 amide bonds. The Bertz CT molecular complexity index is 549. The molecule has 0 spiro atoms. The molecule has 0 saturated carbocycles. The number of nitrogens with one attached hydrogen (secondary N) is 1. The van der Waals surface area contributed by atoms with Crippen LogP contribution in [0, 0.1) is 12.8 Å². The fraction of sp³-hybridized carbons (Fsp3) is 0.733. The maximum absolute atomic E-state index is 11.4. The van der Waals surface area contributed by atoms with Crippen LogP contribution in [0.3, 0.4) is 0 Å². The number of hydrogen-bond donors (Lipinski definition) is 1. The van der Waals surface area contributed by atoms with Gasteiger partial charge in [0.2, 0.25) is 0 Å². The number of furan rings is 1. The van der Waals surface area contributed by atoms with E-state index in [1.807, 2.05) is 0 Å². The Labute approximate surface area is 127 Å². The molecule has 0 bridgehead atoms. The first kappa shape index (κ1) is 16.5. The van der Waals surface area contributed by atoms with Gasteiger partial charge in [-0.1, -0.05) is 13.8 Å². The summed E-state index contributed by atoms with van der Waals surface area (Å²) in [6, 6.07) is 2.06. The molecule has 1 N–H and O–H groups in total. The van der Waals surface area contributed by atoms with Crippen LogP contribution in [0.15, 0.2) is 10.5 Å². The summed E-state index contributed by atoms with van der Waals surface area (Å²) >= 11 is 0. The third kappa shape index (κ3) is 5.13. The van der Waals surface area contributed by atoms with Gasteiger partial charge >= 0.3 is 0 Å². The first-order valence-electron chi connectivity index (χ1n) is 7.57. The topological polar surface area (TPSA) is 62.6 Å². The monoisotopic (exact) mass is 314 g/mol. The highest BCUT2D eigenvalue weighted by Crippen LogP contribution is 2.17. The third-order valence-corrected chi connectivity index (χ3v) is 5.34. The molecule has 1 aliphatic heterocycles. The van der Waals surface area contributed by atoms with Gasteiger partial charge in [-0.2, -0.15) is 0 Å². The lowest BCUT2D eigenvalue weighted by Gasteiger charge is -2.25. The second-order valence-electron chi connectivity index (χ2n) is 6.27. The van der Waals surface area contributed by atoms with Crippen LogP contribution in [0.2, 0.25) is 0 Å². The molecular weight excluding hydrogens is 288 g/mol. The third-order valence-electron chi connectivity index (χ3n) is 3.73. The van der Waals surface area contributed by atoms with Gasteiger partial charge < -0.3 is 9.73 Å². The van der Waals surface area contributed by atoms with Crippen molar-refractivity contribution in [3.63, 3.8) is 0 Å². The van der Waals surface area contributed by atoms with Gasteiger partial charge in [-0.25, -0.2) is 8.42 Å². The van der Waals surface area contributed by atoms with Gasteiger partial charge in [0.15, 0.2) is 9.84 Å². The molecule has 2 heterocycles. The molecule has 1 aromatic rings. The molecule has 1 fully saturated rings. The van der Waals surface area contributed by atoms with Crippen molar-refractivity contribution in [1.82, 2.24) is 10.2 Å². The van der Waals surface area contributed by atoms with Crippen molar-refractivity contribution in [2.45, 2.75) is 33.9 Å². The Morgan fingerprint density at radius 1 is 1.33 bits per heavy atom. The SMILES string of the molecule is Cc1cc(CN2CCS(=O)(=O)CC2)oc1CNCC(C)C. The second-order valence-corrected chi connectivity index (χ2v) is 8.58. The van der Waals surface area contributed by atoms with Gasteiger partial charge in [-0.3, -0.25) is 4.90 Å². The van der Waals surface area contributed by atoms with E-state index in [0.717, 1.165) is 30.2 Å². The molecule has 1 saturated heterocycles. The Kier molecular flexibility index (Phi) is 5.46. The van der Waals surface area contributed by atoms with E-state index in [9.17, 15) is 8.42 Å². The molecule has 0 aliphatic carbocycles. The van der Waals surface area contributed by atoms with E-state index in [4.69, 9.17) is 4.42 Å². The molecule has 120 valence electrons. The number of rotatable bonds is 6. The molecule has 0 radical (unpaired) electrons. The van der Waals surface area contributed by atoms with Gasteiger partial charge in [-0.15, -0.1) is 0 Å². The van der Waals surface area contributed by atoms with E-state index >= 15 is 0 Å². The van der Waals surface area contributed by atoms with Crippen molar-refractivity contribution in [2.75, 3.05) is 31.1 Å². The summed E-state index contributed by atoms with van der Waals surface area (Å²) < 4.78 is 28.7. The summed E-state index contributed by atoms with van der Waals surface area (Å²) in [6.07, 6.45) is 0. The molecular formula is C15H26N2O3S. The van der Waals surface area contributed by atoms with Crippen molar-refractivity contribution in [3.8, 4) is 0 Å². The number of nitrogens with zero attached hydrogens (tertiary/aromatic N) is 1. The fourth-order valence-corrected chi connectivity index (χ4v) is 3.72. The van der Waals surface area contributed by atoms with Crippen LogP contribution >= 0.6 is 0 Å². The average molecular weight is 314 g/mol. The van der Waals surface area contributed by atoms with E-state index in [1.54, 1.807) is 0 Å². The van der Waals surface area contributed by atoms with Gasteiger partial charge in [0.1, 0.15) is 11.5 Å². The maximum Gasteiger partial charge on any atom is 0.152 e. The Hall–Kier alpha value is -0.850. The smallest absolute Gasteiger partial charge is 0.152 e. The lowest BCUT2D eigenvalue weighted by atomic mass is 10.2. The molecule has 21 heavy (non-hydrogen) atoms. The first-order valence-corrected chi connectivity index (χ1v) is 9.39.